The van der Waals surface area contributed by atoms with Gasteiger partial charge in [0.15, 0.2) is 0 Å². The van der Waals surface area contributed by atoms with Crippen LogP contribution in [-0.2, 0) is 9.53 Å². The van der Waals surface area contributed by atoms with E-state index in [0.29, 0.717) is 5.56 Å². The van der Waals surface area contributed by atoms with Gasteiger partial charge in [0.1, 0.15) is 0 Å². The largest absolute Gasteiger partial charge is 0.464 e. The van der Waals surface area contributed by atoms with Gasteiger partial charge in [-0.1, -0.05) is 36.4 Å². The van der Waals surface area contributed by atoms with Crippen molar-refractivity contribution < 1.29 is 27.8 Å². The summed E-state index contributed by atoms with van der Waals surface area (Å²) in [6.45, 7) is 3.92. The molecule has 0 aliphatic rings. The van der Waals surface area contributed by atoms with E-state index in [1.165, 1.54) is 6.92 Å². The van der Waals surface area contributed by atoms with E-state index < -0.39 is 36.8 Å². The Balaban J connectivity index is 3.27. The van der Waals surface area contributed by atoms with Gasteiger partial charge >= 0.3 is 12.1 Å². The molecular formula is C16H20F3NO3. The highest BCUT2D eigenvalue weighted by atomic mass is 19.4. The molecule has 0 fully saturated rings. The fourth-order valence-electron chi connectivity index (χ4n) is 2.20. The minimum atomic E-state index is -4.92. The van der Waals surface area contributed by atoms with Gasteiger partial charge in [0.2, 0.25) is 5.54 Å². The monoisotopic (exact) mass is 331 g/mol. The summed E-state index contributed by atoms with van der Waals surface area (Å²) >= 11 is 0. The number of nitrogens with one attached hydrogen (secondary N) is 1. The van der Waals surface area contributed by atoms with Gasteiger partial charge in [-0.15, -0.1) is 6.58 Å². The van der Waals surface area contributed by atoms with Crippen molar-refractivity contribution in [1.29, 1.82) is 0 Å². The first-order valence-electron chi connectivity index (χ1n) is 7.10. The van der Waals surface area contributed by atoms with Crippen LogP contribution in [0.5, 0.6) is 0 Å². The Bertz CT molecular complexity index is 519. The Morgan fingerprint density at radius 3 is 2.43 bits per heavy atom. The van der Waals surface area contributed by atoms with E-state index >= 15 is 0 Å². The first kappa shape index (κ1) is 19.2. The van der Waals surface area contributed by atoms with E-state index in [2.05, 4.69) is 16.6 Å². The van der Waals surface area contributed by atoms with E-state index in [-0.39, 0.29) is 6.61 Å². The second-order valence-corrected chi connectivity index (χ2v) is 4.91. The van der Waals surface area contributed by atoms with Gasteiger partial charge in [-0.3, -0.25) is 5.32 Å². The van der Waals surface area contributed by atoms with Crippen molar-refractivity contribution in [3.8, 4) is 0 Å². The normalized spacial score (nSPS) is 15.5. The van der Waals surface area contributed by atoms with Crippen LogP contribution >= 0.6 is 0 Å². The fraction of sp³-hybridized carbons (Fsp3) is 0.438. The molecule has 0 bridgehead atoms. The summed E-state index contributed by atoms with van der Waals surface area (Å²) in [6.07, 6.45) is -4.63. The summed E-state index contributed by atoms with van der Waals surface area (Å²) in [4.78, 5) is 12.1. The summed E-state index contributed by atoms with van der Waals surface area (Å²) in [5.41, 5.74) is -2.54. The van der Waals surface area contributed by atoms with Crippen molar-refractivity contribution in [2.75, 3.05) is 13.2 Å². The standard InChI is InChI=1S/C16H20F3NO3/c1-3-10-15(16(17,18)19,14(22)23-4-2)20-13(11-21)12-8-6-5-7-9-12/h3,5-9,13,20-21H,1,4,10-11H2,2H3/t13-,15-/m0/s1. The zero-order valence-electron chi connectivity index (χ0n) is 12.8. The quantitative estimate of drug-likeness (QED) is 0.568. The van der Waals surface area contributed by atoms with Crippen LogP contribution in [-0.4, -0.2) is 36.0 Å². The summed E-state index contributed by atoms with van der Waals surface area (Å²) < 4.78 is 45.6. The molecule has 23 heavy (non-hydrogen) atoms. The number of benzene rings is 1. The van der Waals surface area contributed by atoms with Crippen LogP contribution < -0.4 is 5.32 Å². The molecule has 0 aromatic heterocycles. The molecule has 4 nitrogen and oxygen atoms in total. The molecule has 1 aromatic carbocycles. The Hall–Kier alpha value is -1.86. The molecule has 0 aliphatic heterocycles. The minimum Gasteiger partial charge on any atom is -0.464 e. The number of hydrogen-bond acceptors (Lipinski definition) is 4. The second-order valence-electron chi connectivity index (χ2n) is 4.91. The molecule has 0 saturated heterocycles. The molecule has 2 atom stereocenters. The maximum atomic E-state index is 13.7. The van der Waals surface area contributed by atoms with Crippen LogP contribution in [0.15, 0.2) is 43.0 Å². The molecule has 0 amide bonds. The lowest BCUT2D eigenvalue weighted by atomic mass is 9.91. The lowest BCUT2D eigenvalue weighted by molar-refractivity contribution is -0.215. The molecule has 0 heterocycles. The van der Waals surface area contributed by atoms with E-state index in [9.17, 15) is 23.1 Å². The Labute approximate surface area is 133 Å². The molecule has 0 spiro atoms. The van der Waals surface area contributed by atoms with Crippen LogP contribution in [0.2, 0.25) is 0 Å². The number of alkyl halides is 3. The summed E-state index contributed by atoms with van der Waals surface area (Å²) in [5.74, 6) is -1.44. The third-order valence-electron chi connectivity index (χ3n) is 3.36. The van der Waals surface area contributed by atoms with Crippen molar-refractivity contribution in [2.45, 2.75) is 31.1 Å². The molecule has 0 aliphatic carbocycles. The Morgan fingerprint density at radius 2 is 2.00 bits per heavy atom. The lowest BCUT2D eigenvalue weighted by Gasteiger charge is -2.36. The highest BCUT2D eigenvalue weighted by Gasteiger charge is 2.61. The van der Waals surface area contributed by atoms with Gasteiger partial charge in [-0.2, -0.15) is 13.2 Å². The van der Waals surface area contributed by atoms with Gasteiger partial charge in [-0.05, 0) is 12.5 Å². The summed E-state index contributed by atoms with van der Waals surface area (Å²) in [7, 11) is 0. The van der Waals surface area contributed by atoms with Gasteiger partial charge in [-0.25, -0.2) is 4.79 Å². The molecule has 0 unspecified atom stereocenters. The fourth-order valence-corrected chi connectivity index (χ4v) is 2.20. The van der Waals surface area contributed by atoms with Crippen LogP contribution in [0.1, 0.15) is 24.9 Å². The van der Waals surface area contributed by atoms with E-state index in [1.807, 2.05) is 0 Å². The predicted octanol–water partition coefficient (Wildman–Crippen LogP) is 2.75. The van der Waals surface area contributed by atoms with E-state index in [4.69, 9.17) is 0 Å². The molecular weight excluding hydrogens is 311 g/mol. The number of aliphatic hydroxyl groups excluding tert-OH is 1. The van der Waals surface area contributed by atoms with Crippen molar-refractivity contribution >= 4 is 5.97 Å². The van der Waals surface area contributed by atoms with Crippen molar-refractivity contribution in [1.82, 2.24) is 5.32 Å². The average molecular weight is 331 g/mol. The number of carbonyl (C=O) groups is 1. The number of hydrogen-bond donors (Lipinski definition) is 2. The van der Waals surface area contributed by atoms with Crippen molar-refractivity contribution in [2.24, 2.45) is 0 Å². The predicted molar refractivity (Wildman–Crippen MR) is 79.6 cm³/mol. The Kier molecular flexibility index (Phi) is 6.78. The van der Waals surface area contributed by atoms with Crippen molar-refractivity contribution in [3.05, 3.63) is 48.6 Å². The van der Waals surface area contributed by atoms with Crippen LogP contribution in [0, 0.1) is 0 Å². The molecule has 128 valence electrons. The first-order chi connectivity index (χ1) is 10.8. The number of carbonyl (C=O) groups excluding carboxylic acids is 1. The summed E-state index contributed by atoms with van der Waals surface area (Å²) in [5, 5.41) is 11.7. The molecule has 2 N–H and O–H groups in total. The topological polar surface area (TPSA) is 58.6 Å². The number of ether oxygens (including phenoxy) is 1. The second kappa shape index (κ2) is 8.12. The van der Waals surface area contributed by atoms with E-state index in [1.54, 1.807) is 30.3 Å². The van der Waals surface area contributed by atoms with Crippen LogP contribution in [0.3, 0.4) is 0 Å². The van der Waals surface area contributed by atoms with Gasteiger partial charge in [0.25, 0.3) is 0 Å². The van der Waals surface area contributed by atoms with Gasteiger partial charge < -0.3 is 9.84 Å². The minimum absolute atomic E-state index is 0.190. The molecule has 0 radical (unpaired) electrons. The number of esters is 1. The van der Waals surface area contributed by atoms with E-state index in [0.717, 1.165) is 6.08 Å². The third kappa shape index (κ3) is 4.33. The molecule has 0 saturated carbocycles. The SMILES string of the molecule is C=CC[C@](N[C@@H](CO)c1ccccc1)(C(=O)OCC)C(F)(F)F. The molecule has 1 aromatic rings. The number of aliphatic hydroxyl groups is 1. The zero-order chi connectivity index (χ0) is 17.5. The number of halogens is 3. The summed E-state index contributed by atoms with van der Waals surface area (Å²) in [6, 6.07) is 7.01. The smallest absolute Gasteiger partial charge is 0.417 e. The maximum absolute atomic E-state index is 13.7. The van der Waals surface area contributed by atoms with Gasteiger partial charge in [0.05, 0.1) is 19.3 Å². The molecule has 1 rings (SSSR count). The average Bonchev–Trinajstić information content (AvgIpc) is 2.51. The highest BCUT2D eigenvalue weighted by molar-refractivity contribution is 5.82. The maximum Gasteiger partial charge on any atom is 0.417 e. The zero-order valence-corrected chi connectivity index (χ0v) is 12.8. The number of rotatable bonds is 8. The Morgan fingerprint density at radius 1 is 1.39 bits per heavy atom. The first-order valence-corrected chi connectivity index (χ1v) is 7.10. The highest BCUT2D eigenvalue weighted by Crippen LogP contribution is 2.37. The van der Waals surface area contributed by atoms with Crippen LogP contribution in [0.4, 0.5) is 13.2 Å². The van der Waals surface area contributed by atoms with Gasteiger partial charge in [0, 0.05) is 6.42 Å². The van der Waals surface area contributed by atoms with Crippen molar-refractivity contribution in [3.63, 3.8) is 0 Å². The molecule has 7 heteroatoms. The third-order valence-corrected chi connectivity index (χ3v) is 3.36. The van der Waals surface area contributed by atoms with Crippen LogP contribution in [0.25, 0.3) is 0 Å². The lowest BCUT2D eigenvalue weighted by Crippen LogP contribution is -2.63.